The summed E-state index contributed by atoms with van der Waals surface area (Å²) in [7, 11) is 0. The van der Waals surface area contributed by atoms with Crippen molar-refractivity contribution in [2.45, 2.75) is 58.5 Å². The third kappa shape index (κ3) is 3.03. The standard InChI is InChI=1S/C15H23N3O2/c1-4-15(2,3)20-14-11(13(16)18-19)9-10-7-5-6-8-12(10)17-14/h9,19H,4-8H2,1-3H3,(H2,16,18). The molecular weight excluding hydrogens is 254 g/mol. The van der Waals surface area contributed by atoms with Gasteiger partial charge in [0, 0.05) is 5.69 Å². The van der Waals surface area contributed by atoms with Crippen molar-refractivity contribution in [2.24, 2.45) is 10.9 Å². The van der Waals surface area contributed by atoms with Crippen LogP contribution in [-0.4, -0.2) is 21.6 Å². The molecule has 0 saturated heterocycles. The Bertz CT molecular complexity index is 524. The van der Waals surface area contributed by atoms with Gasteiger partial charge in [0.2, 0.25) is 5.88 Å². The molecule has 0 aliphatic heterocycles. The molecule has 0 radical (unpaired) electrons. The molecule has 1 aromatic rings. The maximum atomic E-state index is 8.95. The van der Waals surface area contributed by atoms with Crippen LogP contribution in [0, 0.1) is 0 Å². The molecule has 110 valence electrons. The second kappa shape index (κ2) is 5.69. The molecule has 1 aliphatic carbocycles. The lowest BCUT2D eigenvalue weighted by Gasteiger charge is -2.27. The zero-order valence-electron chi connectivity index (χ0n) is 12.4. The summed E-state index contributed by atoms with van der Waals surface area (Å²) in [5, 5.41) is 12.1. The summed E-state index contributed by atoms with van der Waals surface area (Å²) in [4.78, 5) is 4.62. The Morgan fingerprint density at radius 1 is 1.45 bits per heavy atom. The number of hydrogen-bond donors (Lipinski definition) is 2. The summed E-state index contributed by atoms with van der Waals surface area (Å²) in [6.07, 6.45) is 5.12. The maximum Gasteiger partial charge on any atom is 0.225 e. The Labute approximate surface area is 119 Å². The Morgan fingerprint density at radius 3 is 2.80 bits per heavy atom. The van der Waals surface area contributed by atoms with Gasteiger partial charge in [-0.2, -0.15) is 0 Å². The first-order valence-electron chi connectivity index (χ1n) is 7.16. The van der Waals surface area contributed by atoms with Gasteiger partial charge in [0.15, 0.2) is 5.84 Å². The fourth-order valence-electron chi connectivity index (χ4n) is 2.26. The Morgan fingerprint density at radius 2 is 2.15 bits per heavy atom. The van der Waals surface area contributed by atoms with E-state index in [0.717, 1.165) is 37.8 Å². The lowest BCUT2D eigenvalue weighted by atomic mass is 9.94. The number of aromatic nitrogens is 1. The summed E-state index contributed by atoms with van der Waals surface area (Å²) in [5.41, 5.74) is 8.27. The molecule has 2 rings (SSSR count). The molecule has 3 N–H and O–H groups in total. The molecule has 5 heteroatoms. The molecule has 1 aromatic heterocycles. The first kappa shape index (κ1) is 14.6. The molecule has 5 nitrogen and oxygen atoms in total. The zero-order valence-corrected chi connectivity index (χ0v) is 12.4. The number of pyridine rings is 1. The summed E-state index contributed by atoms with van der Waals surface area (Å²) >= 11 is 0. The van der Waals surface area contributed by atoms with E-state index < -0.39 is 0 Å². The predicted molar refractivity (Wildman–Crippen MR) is 78.4 cm³/mol. The fourth-order valence-corrected chi connectivity index (χ4v) is 2.26. The van der Waals surface area contributed by atoms with Crippen LogP contribution in [0.1, 0.15) is 56.9 Å². The van der Waals surface area contributed by atoms with Crippen LogP contribution in [0.25, 0.3) is 0 Å². The Kier molecular flexibility index (Phi) is 4.16. The maximum absolute atomic E-state index is 8.95. The smallest absolute Gasteiger partial charge is 0.225 e. The Balaban J connectivity index is 2.47. The van der Waals surface area contributed by atoms with Crippen molar-refractivity contribution < 1.29 is 9.94 Å². The number of aryl methyl sites for hydroxylation is 2. The summed E-state index contributed by atoms with van der Waals surface area (Å²) in [6.45, 7) is 6.07. The number of rotatable bonds is 4. The van der Waals surface area contributed by atoms with Crippen LogP contribution in [0.15, 0.2) is 11.2 Å². The van der Waals surface area contributed by atoms with E-state index in [-0.39, 0.29) is 11.4 Å². The van der Waals surface area contributed by atoms with Crippen molar-refractivity contribution in [3.05, 3.63) is 22.9 Å². The normalized spacial score (nSPS) is 15.8. The van der Waals surface area contributed by atoms with Gasteiger partial charge in [0.05, 0.1) is 5.56 Å². The quantitative estimate of drug-likeness (QED) is 0.384. The van der Waals surface area contributed by atoms with Crippen molar-refractivity contribution in [3.8, 4) is 5.88 Å². The summed E-state index contributed by atoms with van der Waals surface area (Å²) in [5.74, 6) is 0.514. The molecule has 0 amide bonds. The molecule has 1 heterocycles. The Hall–Kier alpha value is -1.78. The molecule has 0 saturated carbocycles. The molecule has 0 unspecified atom stereocenters. The number of amidine groups is 1. The molecule has 1 aliphatic rings. The van der Waals surface area contributed by atoms with Crippen LogP contribution in [0.2, 0.25) is 0 Å². The number of fused-ring (bicyclic) bond motifs is 1. The van der Waals surface area contributed by atoms with Gasteiger partial charge in [-0.3, -0.25) is 0 Å². The SMILES string of the molecule is CCC(C)(C)Oc1nc2c(cc1C(N)=NO)CCCC2. The third-order valence-electron chi connectivity index (χ3n) is 3.87. The van der Waals surface area contributed by atoms with Crippen molar-refractivity contribution in [3.63, 3.8) is 0 Å². The second-order valence-electron chi connectivity index (χ2n) is 5.85. The van der Waals surface area contributed by atoms with E-state index in [2.05, 4.69) is 17.1 Å². The first-order valence-corrected chi connectivity index (χ1v) is 7.16. The van der Waals surface area contributed by atoms with E-state index in [4.69, 9.17) is 15.7 Å². The van der Waals surface area contributed by atoms with E-state index >= 15 is 0 Å². The molecule has 0 bridgehead atoms. The first-order chi connectivity index (χ1) is 9.46. The lowest BCUT2D eigenvalue weighted by Crippen LogP contribution is -2.29. The molecule has 0 atom stereocenters. The van der Waals surface area contributed by atoms with E-state index in [9.17, 15) is 0 Å². The van der Waals surface area contributed by atoms with Crippen LogP contribution in [0.5, 0.6) is 5.88 Å². The highest BCUT2D eigenvalue weighted by Gasteiger charge is 2.24. The third-order valence-corrected chi connectivity index (χ3v) is 3.87. The van der Waals surface area contributed by atoms with Crippen LogP contribution < -0.4 is 10.5 Å². The van der Waals surface area contributed by atoms with Gasteiger partial charge in [0.25, 0.3) is 0 Å². The van der Waals surface area contributed by atoms with Crippen molar-refractivity contribution in [1.29, 1.82) is 0 Å². The molecule has 20 heavy (non-hydrogen) atoms. The van der Waals surface area contributed by atoms with Crippen LogP contribution >= 0.6 is 0 Å². The molecular formula is C15H23N3O2. The van der Waals surface area contributed by atoms with Gasteiger partial charge in [-0.1, -0.05) is 12.1 Å². The van der Waals surface area contributed by atoms with Gasteiger partial charge in [0.1, 0.15) is 5.60 Å². The highest BCUT2D eigenvalue weighted by atomic mass is 16.5. The molecule has 0 fully saturated rings. The van der Waals surface area contributed by atoms with Gasteiger partial charge in [-0.25, -0.2) is 4.98 Å². The predicted octanol–water partition coefficient (Wildman–Crippen LogP) is 2.62. The van der Waals surface area contributed by atoms with Crippen LogP contribution in [0.4, 0.5) is 0 Å². The van der Waals surface area contributed by atoms with Crippen molar-refractivity contribution in [2.75, 3.05) is 0 Å². The van der Waals surface area contributed by atoms with Gasteiger partial charge in [-0.05, 0) is 57.6 Å². The molecule has 0 aromatic carbocycles. The van der Waals surface area contributed by atoms with E-state index in [1.165, 1.54) is 5.56 Å². The average Bonchev–Trinajstić information content (AvgIpc) is 2.45. The second-order valence-corrected chi connectivity index (χ2v) is 5.85. The number of nitrogens with zero attached hydrogens (tertiary/aromatic N) is 2. The van der Waals surface area contributed by atoms with Gasteiger partial charge in [-0.15, -0.1) is 0 Å². The lowest BCUT2D eigenvalue weighted by molar-refractivity contribution is 0.0982. The zero-order chi connectivity index (χ0) is 14.8. The van der Waals surface area contributed by atoms with Crippen molar-refractivity contribution in [1.82, 2.24) is 4.98 Å². The van der Waals surface area contributed by atoms with E-state index in [1.54, 1.807) is 0 Å². The van der Waals surface area contributed by atoms with Gasteiger partial charge >= 0.3 is 0 Å². The summed E-state index contributed by atoms with van der Waals surface area (Å²) in [6, 6.07) is 1.96. The number of hydrogen-bond acceptors (Lipinski definition) is 4. The fraction of sp³-hybridized carbons (Fsp3) is 0.600. The number of ether oxygens (including phenoxy) is 1. The average molecular weight is 277 g/mol. The van der Waals surface area contributed by atoms with Gasteiger partial charge < -0.3 is 15.7 Å². The minimum atomic E-state index is -0.333. The van der Waals surface area contributed by atoms with E-state index in [1.807, 2.05) is 19.9 Å². The topological polar surface area (TPSA) is 80.7 Å². The minimum absolute atomic E-state index is 0.0489. The highest BCUT2D eigenvalue weighted by molar-refractivity contribution is 5.99. The molecule has 0 spiro atoms. The monoisotopic (exact) mass is 277 g/mol. The van der Waals surface area contributed by atoms with Crippen LogP contribution in [0.3, 0.4) is 0 Å². The minimum Gasteiger partial charge on any atom is -0.471 e. The highest BCUT2D eigenvalue weighted by Crippen LogP contribution is 2.28. The number of nitrogens with two attached hydrogens (primary N) is 1. The van der Waals surface area contributed by atoms with Crippen molar-refractivity contribution >= 4 is 5.84 Å². The largest absolute Gasteiger partial charge is 0.471 e. The van der Waals surface area contributed by atoms with Crippen LogP contribution in [-0.2, 0) is 12.8 Å². The van der Waals surface area contributed by atoms with E-state index in [0.29, 0.717) is 11.4 Å². The number of oxime groups is 1. The summed E-state index contributed by atoms with van der Waals surface area (Å²) < 4.78 is 5.99.